The zero-order valence-electron chi connectivity index (χ0n) is 12.0. The van der Waals surface area contributed by atoms with Crippen molar-refractivity contribution in [1.29, 1.82) is 0 Å². The van der Waals surface area contributed by atoms with E-state index in [1.54, 1.807) is 0 Å². The summed E-state index contributed by atoms with van der Waals surface area (Å²) in [6.07, 6.45) is -4.48. The van der Waals surface area contributed by atoms with Gasteiger partial charge >= 0.3 is 12.0 Å². The van der Waals surface area contributed by atoms with Gasteiger partial charge in [-0.15, -0.1) is 0 Å². The second-order valence-electron chi connectivity index (χ2n) is 5.07. The molecule has 0 saturated carbocycles. The smallest absolute Gasteiger partial charge is 0.358 e. The summed E-state index contributed by atoms with van der Waals surface area (Å²) < 4.78 is 39.5. The molecule has 128 valence electrons. The van der Waals surface area contributed by atoms with Crippen molar-refractivity contribution in [3.05, 3.63) is 27.9 Å². The van der Waals surface area contributed by atoms with Crippen LogP contribution in [0.5, 0.6) is 0 Å². The first-order chi connectivity index (χ1) is 10.8. The van der Waals surface area contributed by atoms with Gasteiger partial charge in [-0.3, -0.25) is 9.69 Å². The average molecular weight is 335 g/mol. The summed E-state index contributed by atoms with van der Waals surface area (Å²) in [6.45, 7) is 0.740. The van der Waals surface area contributed by atoms with Gasteiger partial charge in [-0.25, -0.2) is 4.98 Å². The van der Waals surface area contributed by atoms with Gasteiger partial charge in [-0.1, -0.05) is 0 Å². The first-order valence-electron chi connectivity index (χ1n) is 6.92. The number of nitrogens with one attached hydrogen (secondary N) is 3. The SMILES string of the molecule is O=C(NCC(N1CCNCC1)C(F)(F)F)c1ccc([N+](=O)[O-])[nH]1. The Morgan fingerprint density at radius 3 is 2.57 bits per heavy atom. The highest BCUT2D eigenvalue weighted by Crippen LogP contribution is 2.24. The molecule has 1 unspecified atom stereocenters. The number of hydrogen-bond acceptors (Lipinski definition) is 5. The Morgan fingerprint density at radius 1 is 1.39 bits per heavy atom. The zero-order valence-corrected chi connectivity index (χ0v) is 12.0. The van der Waals surface area contributed by atoms with E-state index in [0.717, 1.165) is 12.1 Å². The first-order valence-corrected chi connectivity index (χ1v) is 6.92. The minimum absolute atomic E-state index is 0.155. The molecule has 8 nitrogen and oxygen atoms in total. The molecule has 1 aliphatic rings. The van der Waals surface area contributed by atoms with E-state index in [2.05, 4.69) is 15.6 Å². The Hall–Kier alpha value is -2.14. The molecule has 0 spiro atoms. The van der Waals surface area contributed by atoms with E-state index in [0.29, 0.717) is 13.1 Å². The largest absolute Gasteiger partial charge is 0.405 e. The summed E-state index contributed by atoms with van der Waals surface area (Å²) in [4.78, 5) is 25.1. The van der Waals surface area contributed by atoms with E-state index in [1.807, 2.05) is 0 Å². The highest BCUT2D eigenvalue weighted by Gasteiger charge is 2.43. The van der Waals surface area contributed by atoms with Gasteiger partial charge in [0.2, 0.25) is 0 Å². The number of halogens is 3. The molecule has 2 rings (SSSR count). The fourth-order valence-electron chi connectivity index (χ4n) is 2.35. The van der Waals surface area contributed by atoms with E-state index in [4.69, 9.17) is 0 Å². The predicted octanol–water partition coefficient (Wildman–Crippen LogP) is 0.489. The molecule has 1 fully saturated rings. The number of nitrogens with zero attached hydrogens (tertiary/aromatic N) is 2. The third-order valence-electron chi connectivity index (χ3n) is 3.54. The molecule has 1 amide bonds. The van der Waals surface area contributed by atoms with Crippen LogP contribution in [-0.2, 0) is 0 Å². The van der Waals surface area contributed by atoms with Crippen LogP contribution < -0.4 is 10.6 Å². The molecule has 3 N–H and O–H groups in total. The fourth-order valence-corrected chi connectivity index (χ4v) is 2.35. The highest BCUT2D eigenvalue weighted by molar-refractivity contribution is 5.92. The van der Waals surface area contributed by atoms with E-state index in [1.165, 1.54) is 4.90 Å². The van der Waals surface area contributed by atoms with E-state index in [9.17, 15) is 28.1 Å². The number of aromatic amines is 1. The second kappa shape index (κ2) is 6.96. The Balaban J connectivity index is 1.99. The van der Waals surface area contributed by atoms with Crippen LogP contribution in [0.15, 0.2) is 12.1 Å². The lowest BCUT2D eigenvalue weighted by Gasteiger charge is -2.35. The first kappa shape index (κ1) is 17.2. The van der Waals surface area contributed by atoms with E-state index >= 15 is 0 Å². The standard InChI is InChI=1S/C12H16F3N5O3/c13-12(14,15)9(19-5-3-16-4-6-19)7-17-11(21)8-1-2-10(18-8)20(22)23/h1-2,9,16,18H,3-7H2,(H,17,21). The van der Waals surface area contributed by atoms with Crippen LogP contribution in [0.3, 0.4) is 0 Å². The summed E-state index contributed by atoms with van der Waals surface area (Å²) in [6, 6.07) is 0.436. The minimum atomic E-state index is -4.48. The molecule has 11 heteroatoms. The van der Waals surface area contributed by atoms with Crippen LogP contribution in [0.25, 0.3) is 0 Å². The van der Waals surface area contributed by atoms with Crippen molar-refractivity contribution in [1.82, 2.24) is 20.5 Å². The van der Waals surface area contributed by atoms with Gasteiger partial charge in [0.15, 0.2) is 5.69 Å². The van der Waals surface area contributed by atoms with Gasteiger partial charge in [0.25, 0.3) is 5.91 Å². The van der Waals surface area contributed by atoms with Crippen molar-refractivity contribution in [2.45, 2.75) is 12.2 Å². The Kier molecular flexibility index (Phi) is 5.21. The monoisotopic (exact) mass is 335 g/mol. The van der Waals surface area contributed by atoms with Crippen LogP contribution >= 0.6 is 0 Å². The van der Waals surface area contributed by atoms with Crippen LogP contribution in [0.1, 0.15) is 10.5 Å². The molecule has 23 heavy (non-hydrogen) atoms. The van der Waals surface area contributed by atoms with Crippen molar-refractivity contribution < 1.29 is 22.9 Å². The number of piperazine rings is 1. The lowest BCUT2D eigenvalue weighted by Crippen LogP contribution is -2.57. The lowest BCUT2D eigenvalue weighted by molar-refractivity contribution is -0.389. The summed E-state index contributed by atoms with van der Waals surface area (Å²) in [5.74, 6) is -1.22. The Morgan fingerprint density at radius 2 is 2.04 bits per heavy atom. The molecular weight excluding hydrogens is 319 g/mol. The molecule has 0 bridgehead atoms. The van der Waals surface area contributed by atoms with Crippen molar-refractivity contribution in [2.24, 2.45) is 0 Å². The zero-order chi connectivity index (χ0) is 17.0. The number of carbonyl (C=O) groups is 1. The number of amides is 1. The average Bonchev–Trinajstić information content (AvgIpc) is 2.97. The van der Waals surface area contributed by atoms with Gasteiger partial charge in [0.1, 0.15) is 6.04 Å². The number of H-pyrrole nitrogens is 1. The van der Waals surface area contributed by atoms with E-state index < -0.39 is 35.4 Å². The molecule has 0 aliphatic carbocycles. The Bertz CT molecular complexity index is 569. The van der Waals surface area contributed by atoms with Gasteiger partial charge in [0, 0.05) is 38.8 Å². The van der Waals surface area contributed by atoms with Gasteiger partial charge in [-0.2, -0.15) is 13.2 Å². The van der Waals surface area contributed by atoms with Crippen LogP contribution in [0.4, 0.5) is 19.0 Å². The van der Waals surface area contributed by atoms with Crippen molar-refractivity contribution >= 4 is 11.7 Å². The van der Waals surface area contributed by atoms with Crippen LogP contribution in [0, 0.1) is 10.1 Å². The molecule has 1 saturated heterocycles. The van der Waals surface area contributed by atoms with Gasteiger partial charge < -0.3 is 20.7 Å². The summed E-state index contributed by atoms with van der Waals surface area (Å²) in [5.41, 5.74) is -0.155. The second-order valence-corrected chi connectivity index (χ2v) is 5.07. The maximum absolute atomic E-state index is 13.2. The summed E-state index contributed by atoms with van der Waals surface area (Å²) in [5, 5.41) is 15.7. The molecule has 1 aromatic heterocycles. The number of alkyl halides is 3. The maximum Gasteiger partial charge on any atom is 0.405 e. The minimum Gasteiger partial charge on any atom is -0.358 e. The number of rotatable bonds is 5. The van der Waals surface area contributed by atoms with Crippen LogP contribution in [0.2, 0.25) is 0 Å². The third-order valence-corrected chi connectivity index (χ3v) is 3.54. The topological polar surface area (TPSA) is 103 Å². The normalized spacial score (nSPS) is 17.7. The van der Waals surface area contributed by atoms with Crippen molar-refractivity contribution in [2.75, 3.05) is 32.7 Å². The number of aromatic nitrogens is 1. The van der Waals surface area contributed by atoms with Crippen molar-refractivity contribution in [3.8, 4) is 0 Å². The molecular formula is C12H16F3N5O3. The number of hydrogen-bond donors (Lipinski definition) is 3. The molecule has 1 aromatic rings. The maximum atomic E-state index is 13.2. The number of carbonyl (C=O) groups excluding carboxylic acids is 1. The van der Waals surface area contributed by atoms with E-state index in [-0.39, 0.29) is 18.8 Å². The van der Waals surface area contributed by atoms with Crippen molar-refractivity contribution in [3.63, 3.8) is 0 Å². The summed E-state index contributed by atoms with van der Waals surface area (Å²) in [7, 11) is 0. The third kappa shape index (κ3) is 4.42. The molecule has 1 atom stereocenters. The van der Waals surface area contributed by atoms with Gasteiger partial charge in [-0.05, 0) is 11.0 Å². The fraction of sp³-hybridized carbons (Fsp3) is 0.583. The number of nitro groups is 1. The molecule has 0 radical (unpaired) electrons. The highest BCUT2D eigenvalue weighted by atomic mass is 19.4. The quantitative estimate of drug-likeness (QED) is 0.537. The molecule has 1 aliphatic heterocycles. The van der Waals surface area contributed by atoms with Gasteiger partial charge in [0.05, 0.1) is 0 Å². The predicted molar refractivity (Wildman–Crippen MR) is 74.1 cm³/mol. The Labute approximate surface area is 129 Å². The molecule has 2 heterocycles. The lowest BCUT2D eigenvalue weighted by atomic mass is 10.2. The summed E-state index contributed by atoms with van der Waals surface area (Å²) >= 11 is 0. The molecule has 0 aromatic carbocycles. The van der Waals surface area contributed by atoms with Crippen LogP contribution in [-0.4, -0.2) is 65.7 Å².